The minimum Gasteiger partial charge on any atom is -0.465 e. The first-order valence-electron chi connectivity index (χ1n) is 5.53. The highest BCUT2D eigenvalue weighted by molar-refractivity contribution is 9.10. The number of hydrogen-bond donors (Lipinski definition) is 1. The highest BCUT2D eigenvalue weighted by Crippen LogP contribution is 2.25. The van der Waals surface area contributed by atoms with E-state index in [0.717, 1.165) is 15.7 Å². The molecule has 0 spiro atoms. The first kappa shape index (κ1) is 13.5. The molecule has 0 aliphatic rings. The lowest BCUT2D eigenvalue weighted by Crippen LogP contribution is -2.08. The number of benzene rings is 1. The Morgan fingerprint density at radius 3 is 2.95 bits per heavy atom. The first-order chi connectivity index (χ1) is 9.11. The van der Waals surface area contributed by atoms with Crippen molar-refractivity contribution < 1.29 is 9.53 Å². The van der Waals surface area contributed by atoms with Gasteiger partial charge in [-0.05, 0) is 24.6 Å². The van der Waals surface area contributed by atoms with Crippen LogP contribution < -0.4 is 5.32 Å². The summed E-state index contributed by atoms with van der Waals surface area (Å²) in [5.41, 5.74) is 2.19. The van der Waals surface area contributed by atoms with Crippen molar-refractivity contribution in [2.45, 2.75) is 6.92 Å². The molecule has 0 aliphatic carbocycles. The van der Waals surface area contributed by atoms with Crippen molar-refractivity contribution >= 4 is 33.4 Å². The lowest BCUT2D eigenvalue weighted by Gasteiger charge is -2.11. The molecule has 0 amide bonds. The second-order valence-electron chi connectivity index (χ2n) is 3.86. The maximum absolute atomic E-state index is 11.6. The van der Waals surface area contributed by atoms with E-state index in [1.54, 1.807) is 0 Å². The minimum absolute atomic E-state index is 0.296. The quantitative estimate of drug-likeness (QED) is 0.880. The Labute approximate surface area is 119 Å². The van der Waals surface area contributed by atoms with Crippen LogP contribution in [0.2, 0.25) is 0 Å². The molecule has 19 heavy (non-hydrogen) atoms. The van der Waals surface area contributed by atoms with Crippen molar-refractivity contribution in [3.63, 3.8) is 0 Å². The Morgan fingerprint density at radius 2 is 2.21 bits per heavy atom. The molecule has 1 aromatic heterocycles. The van der Waals surface area contributed by atoms with Gasteiger partial charge in [0.2, 0.25) is 0 Å². The summed E-state index contributed by atoms with van der Waals surface area (Å²) in [7, 11) is 1.32. The molecular weight excluding hydrogens is 310 g/mol. The molecular formula is C13H12BrN3O2. The topological polar surface area (TPSA) is 64.1 Å². The highest BCUT2D eigenvalue weighted by Gasteiger charge is 2.14. The van der Waals surface area contributed by atoms with Gasteiger partial charge in [0.25, 0.3) is 0 Å². The van der Waals surface area contributed by atoms with E-state index in [-0.39, 0.29) is 0 Å². The molecule has 0 aliphatic heterocycles. The molecule has 1 N–H and O–H groups in total. The summed E-state index contributed by atoms with van der Waals surface area (Å²) in [4.78, 5) is 19.5. The number of nitrogens with zero attached hydrogens (tertiary/aromatic N) is 2. The van der Waals surface area contributed by atoms with Crippen LogP contribution in [0.4, 0.5) is 11.5 Å². The molecule has 5 nitrogen and oxygen atoms in total. The number of aryl methyl sites for hydroxylation is 1. The molecule has 0 fully saturated rings. The highest BCUT2D eigenvalue weighted by atomic mass is 79.9. The zero-order chi connectivity index (χ0) is 13.8. The van der Waals surface area contributed by atoms with Crippen LogP contribution in [0.15, 0.2) is 35.2 Å². The van der Waals surface area contributed by atoms with Crippen LogP contribution >= 0.6 is 15.9 Å². The van der Waals surface area contributed by atoms with Crippen LogP contribution in [0.3, 0.4) is 0 Å². The Bertz CT molecular complexity index is 617. The van der Waals surface area contributed by atoms with E-state index in [4.69, 9.17) is 4.74 Å². The normalized spacial score (nSPS) is 10.1. The third kappa shape index (κ3) is 3.08. The summed E-state index contributed by atoms with van der Waals surface area (Å²) < 4.78 is 5.64. The minimum atomic E-state index is -0.476. The Morgan fingerprint density at radius 1 is 1.42 bits per heavy atom. The lowest BCUT2D eigenvalue weighted by molar-refractivity contribution is 0.0601. The average molecular weight is 322 g/mol. The second kappa shape index (κ2) is 5.79. The maximum Gasteiger partial charge on any atom is 0.343 e. The van der Waals surface area contributed by atoms with Crippen molar-refractivity contribution in [2.75, 3.05) is 12.4 Å². The molecule has 0 bridgehead atoms. The van der Waals surface area contributed by atoms with Gasteiger partial charge in [0.1, 0.15) is 17.7 Å². The molecule has 2 rings (SSSR count). The predicted octanol–water partition coefficient (Wildman–Crippen LogP) is 3.08. The van der Waals surface area contributed by atoms with Crippen molar-refractivity contribution in [1.82, 2.24) is 9.97 Å². The number of halogens is 1. The lowest BCUT2D eigenvalue weighted by atomic mass is 10.2. The maximum atomic E-state index is 11.6. The number of hydrogen-bond acceptors (Lipinski definition) is 5. The summed E-state index contributed by atoms with van der Waals surface area (Å²) in [6.45, 7) is 1.97. The number of nitrogens with one attached hydrogen (secondary N) is 1. The van der Waals surface area contributed by atoms with Crippen molar-refractivity contribution in [3.05, 3.63) is 46.3 Å². The summed E-state index contributed by atoms with van der Waals surface area (Å²) in [5, 5.41) is 3.11. The third-order valence-electron chi connectivity index (χ3n) is 2.57. The fraction of sp³-hybridized carbons (Fsp3) is 0.154. The molecule has 0 saturated heterocycles. The molecule has 98 valence electrons. The summed E-state index contributed by atoms with van der Waals surface area (Å²) in [6.07, 6.45) is 2.80. The van der Waals surface area contributed by atoms with Crippen LogP contribution in [0.25, 0.3) is 0 Å². The van der Waals surface area contributed by atoms with Crippen LogP contribution in [0.5, 0.6) is 0 Å². The van der Waals surface area contributed by atoms with Crippen molar-refractivity contribution in [2.24, 2.45) is 0 Å². The largest absolute Gasteiger partial charge is 0.465 e. The van der Waals surface area contributed by atoms with E-state index in [2.05, 4.69) is 31.2 Å². The van der Waals surface area contributed by atoms with Gasteiger partial charge in [-0.2, -0.15) is 0 Å². The Balaban J connectivity index is 2.38. The van der Waals surface area contributed by atoms with Gasteiger partial charge in [-0.25, -0.2) is 14.8 Å². The summed E-state index contributed by atoms with van der Waals surface area (Å²) in [6, 6.07) is 5.83. The fourth-order valence-electron chi connectivity index (χ4n) is 1.55. The average Bonchev–Trinajstić information content (AvgIpc) is 2.42. The van der Waals surface area contributed by atoms with Crippen LogP contribution in [0, 0.1) is 6.92 Å². The van der Waals surface area contributed by atoms with Crippen LogP contribution in [0.1, 0.15) is 15.9 Å². The molecule has 0 radical (unpaired) electrons. The smallest absolute Gasteiger partial charge is 0.343 e. The molecule has 0 atom stereocenters. The van der Waals surface area contributed by atoms with Gasteiger partial charge in [-0.1, -0.05) is 22.0 Å². The van der Waals surface area contributed by atoms with Gasteiger partial charge in [-0.3, -0.25) is 0 Å². The van der Waals surface area contributed by atoms with Crippen molar-refractivity contribution in [3.8, 4) is 0 Å². The Kier molecular flexibility index (Phi) is 4.11. The van der Waals surface area contributed by atoms with E-state index in [1.165, 1.54) is 19.6 Å². The van der Waals surface area contributed by atoms with Gasteiger partial charge in [0.15, 0.2) is 0 Å². The zero-order valence-electron chi connectivity index (χ0n) is 10.5. The SMILES string of the molecule is COC(=O)c1cncnc1Nc1cc(Br)ccc1C. The number of methoxy groups -OCH3 is 1. The number of ether oxygens (including phenoxy) is 1. The van der Waals surface area contributed by atoms with E-state index in [9.17, 15) is 4.79 Å². The van der Waals surface area contributed by atoms with Crippen molar-refractivity contribution in [1.29, 1.82) is 0 Å². The molecule has 2 aromatic rings. The molecule has 0 saturated carbocycles. The monoisotopic (exact) mass is 321 g/mol. The number of aromatic nitrogens is 2. The van der Waals surface area contributed by atoms with Gasteiger partial charge >= 0.3 is 5.97 Å². The van der Waals surface area contributed by atoms with Crippen LogP contribution in [-0.4, -0.2) is 23.0 Å². The fourth-order valence-corrected chi connectivity index (χ4v) is 1.91. The summed E-state index contributed by atoms with van der Waals surface area (Å²) in [5.74, 6) is -0.0567. The molecule has 1 heterocycles. The number of rotatable bonds is 3. The number of anilines is 2. The first-order valence-corrected chi connectivity index (χ1v) is 6.32. The van der Waals surface area contributed by atoms with Gasteiger partial charge in [0.05, 0.1) is 7.11 Å². The van der Waals surface area contributed by atoms with Gasteiger partial charge < -0.3 is 10.1 Å². The van der Waals surface area contributed by atoms with E-state index < -0.39 is 5.97 Å². The Hall–Kier alpha value is -1.95. The van der Waals surface area contributed by atoms with Gasteiger partial charge in [0, 0.05) is 16.4 Å². The third-order valence-corrected chi connectivity index (χ3v) is 3.06. The molecule has 6 heteroatoms. The van der Waals surface area contributed by atoms with E-state index in [0.29, 0.717) is 11.4 Å². The standard InChI is InChI=1S/C13H12BrN3O2/c1-8-3-4-9(14)5-11(8)17-12-10(13(18)19-2)6-15-7-16-12/h3-7H,1-2H3,(H,15,16,17). The number of carbonyl (C=O) groups excluding carboxylic acids is 1. The van der Waals surface area contributed by atoms with Gasteiger partial charge in [-0.15, -0.1) is 0 Å². The molecule has 0 unspecified atom stereocenters. The molecule has 1 aromatic carbocycles. The zero-order valence-corrected chi connectivity index (χ0v) is 12.1. The van der Waals surface area contributed by atoms with E-state index in [1.807, 2.05) is 25.1 Å². The number of carbonyl (C=O) groups is 1. The summed E-state index contributed by atoms with van der Waals surface area (Å²) >= 11 is 3.41. The van der Waals surface area contributed by atoms with Crippen LogP contribution in [-0.2, 0) is 4.74 Å². The number of esters is 1. The predicted molar refractivity (Wildman–Crippen MR) is 75.5 cm³/mol. The van der Waals surface area contributed by atoms with E-state index >= 15 is 0 Å². The second-order valence-corrected chi connectivity index (χ2v) is 4.78.